The summed E-state index contributed by atoms with van der Waals surface area (Å²) in [4.78, 5) is 0. The topological polar surface area (TPSA) is 0 Å². The molecule has 0 bridgehead atoms. The molecule has 0 heterocycles. The van der Waals surface area contributed by atoms with Crippen LogP contribution in [0.1, 0.15) is 107 Å². The summed E-state index contributed by atoms with van der Waals surface area (Å²) in [5, 5.41) is 0. The van der Waals surface area contributed by atoms with Gasteiger partial charge in [-0.3, -0.25) is 0 Å². The Bertz CT molecular complexity index is 1700. The summed E-state index contributed by atoms with van der Waals surface area (Å²) in [5.41, 5.74) is 16.4. The van der Waals surface area contributed by atoms with Gasteiger partial charge < -0.3 is 0 Å². The van der Waals surface area contributed by atoms with Crippen molar-refractivity contribution in [3.05, 3.63) is 129 Å². The van der Waals surface area contributed by atoms with Crippen LogP contribution in [0.3, 0.4) is 0 Å². The zero-order valence-electron chi connectivity index (χ0n) is 28.8. The maximum atomic E-state index is 8.70. The van der Waals surface area contributed by atoms with Crippen molar-refractivity contribution >= 4 is 35.1 Å². The Morgan fingerprint density at radius 1 is 0.587 bits per heavy atom. The van der Waals surface area contributed by atoms with Gasteiger partial charge in [-0.25, -0.2) is 0 Å². The molecule has 2 aliphatic carbocycles. The van der Waals surface area contributed by atoms with Crippen molar-refractivity contribution in [2.75, 3.05) is 0 Å². The molecular weight excluding hydrogens is 695 g/mol. The molecule has 239 valence electrons. The van der Waals surface area contributed by atoms with Gasteiger partial charge in [-0.05, 0) is 0 Å². The predicted octanol–water partition coefficient (Wildman–Crippen LogP) is 13.6. The van der Waals surface area contributed by atoms with Crippen molar-refractivity contribution in [1.82, 2.24) is 0 Å². The summed E-state index contributed by atoms with van der Waals surface area (Å²) in [7, 11) is 17.4. The van der Waals surface area contributed by atoms with Crippen LogP contribution in [0.15, 0.2) is 96.1 Å². The van der Waals surface area contributed by atoms with Crippen molar-refractivity contribution in [3.63, 3.8) is 0 Å². The second-order valence-electron chi connectivity index (χ2n) is 14.5. The van der Waals surface area contributed by atoms with E-state index in [4.69, 9.17) is 17.0 Å². The average molecular weight is 744 g/mol. The third-order valence-corrected chi connectivity index (χ3v) is 62.9. The zero-order valence-corrected chi connectivity index (χ0v) is 33.9. The molecule has 4 heteroatoms. The van der Waals surface area contributed by atoms with Crippen LogP contribution in [-0.2, 0) is 15.6 Å². The van der Waals surface area contributed by atoms with Crippen LogP contribution in [0.5, 0.6) is 0 Å². The van der Waals surface area contributed by atoms with Gasteiger partial charge in [-0.2, -0.15) is 0 Å². The molecule has 0 N–H and O–H groups in total. The van der Waals surface area contributed by atoms with Gasteiger partial charge in [0.15, 0.2) is 0 Å². The van der Waals surface area contributed by atoms with Crippen molar-refractivity contribution in [1.29, 1.82) is 0 Å². The van der Waals surface area contributed by atoms with Crippen LogP contribution in [-0.4, -0.2) is 5.92 Å². The molecule has 0 fully saturated rings. The van der Waals surface area contributed by atoms with E-state index in [0.29, 0.717) is 11.8 Å². The molecule has 0 radical (unpaired) electrons. The molecule has 4 aromatic rings. The van der Waals surface area contributed by atoms with E-state index in [1.165, 1.54) is 66.8 Å². The third-order valence-electron chi connectivity index (χ3n) is 11.0. The zero-order chi connectivity index (χ0) is 33.0. The molecule has 2 atom stereocenters. The van der Waals surface area contributed by atoms with E-state index in [1.807, 2.05) is 0 Å². The van der Waals surface area contributed by atoms with Crippen LogP contribution in [0.25, 0.3) is 34.4 Å². The number of hydrogen-bond acceptors (Lipinski definition) is 0. The summed E-state index contributed by atoms with van der Waals surface area (Å²) in [6.07, 6.45) is 6.93. The molecule has 46 heavy (non-hydrogen) atoms. The second-order valence-corrected chi connectivity index (χ2v) is 57.0. The first kappa shape index (κ1) is 33.9. The van der Waals surface area contributed by atoms with Gasteiger partial charge in [-0.1, -0.05) is 0 Å². The van der Waals surface area contributed by atoms with Crippen LogP contribution in [0.4, 0.5) is 0 Å². The molecule has 4 aromatic carbocycles. The molecule has 0 saturated carbocycles. The average Bonchev–Trinajstić information content (AvgIpc) is 3.64. The molecule has 0 spiro atoms. The molecular formula is C42H49Cl2SiZr. The first-order valence-electron chi connectivity index (χ1n) is 17.4. The number of rotatable bonds is 9. The Balaban J connectivity index is 1.64. The Morgan fingerprint density at radius 3 is 1.26 bits per heavy atom. The van der Waals surface area contributed by atoms with E-state index >= 15 is 0 Å². The van der Waals surface area contributed by atoms with Gasteiger partial charge in [-0.15, -0.1) is 0 Å². The fourth-order valence-electron chi connectivity index (χ4n) is 8.62. The van der Waals surface area contributed by atoms with E-state index < -0.39 is 21.5 Å². The van der Waals surface area contributed by atoms with E-state index in [1.54, 1.807) is 0 Å². The van der Waals surface area contributed by atoms with E-state index in [2.05, 4.69) is 152 Å². The summed E-state index contributed by atoms with van der Waals surface area (Å²) in [6.45, 7) is 18.8. The fourth-order valence-corrected chi connectivity index (χ4v) is 40.4. The summed E-state index contributed by atoms with van der Waals surface area (Å²) in [6, 6.07) is 31.5. The Morgan fingerprint density at radius 2 is 0.957 bits per heavy atom. The predicted molar refractivity (Wildman–Crippen MR) is 205 cm³/mol. The maximum absolute atomic E-state index is 8.70. The number of benzene rings is 4. The van der Waals surface area contributed by atoms with E-state index in [0.717, 1.165) is 12.8 Å². The molecule has 0 aromatic heterocycles. The normalized spacial score (nSPS) is 18.4. The monoisotopic (exact) mass is 741 g/mol. The molecule has 6 rings (SSSR count). The van der Waals surface area contributed by atoms with Crippen LogP contribution in [0.2, 0.25) is 13.1 Å². The van der Waals surface area contributed by atoms with Gasteiger partial charge >= 0.3 is 289 Å². The van der Waals surface area contributed by atoms with Crippen LogP contribution < -0.4 is 0 Å². The Kier molecular flexibility index (Phi) is 9.45. The Labute approximate surface area is 286 Å². The molecule has 0 saturated heterocycles. The van der Waals surface area contributed by atoms with Gasteiger partial charge in [0.2, 0.25) is 0 Å². The number of halogens is 2. The first-order valence-corrected chi connectivity index (χ1v) is 33.7. The summed E-state index contributed by atoms with van der Waals surface area (Å²) in [5.74, 6) is -0.805. The second kappa shape index (κ2) is 12.8. The molecule has 0 aliphatic heterocycles. The summed E-state index contributed by atoms with van der Waals surface area (Å²) < 4.78 is 0.215. The first-order chi connectivity index (χ1) is 21.9. The van der Waals surface area contributed by atoms with Crippen LogP contribution in [0, 0.1) is 0 Å². The van der Waals surface area contributed by atoms with Gasteiger partial charge in [0.05, 0.1) is 0 Å². The van der Waals surface area contributed by atoms with Crippen molar-refractivity contribution < 1.29 is 15.6 Å². The van der Waals surface area contributed by atoms with E-state index in [-0.39, 0.29) is 7.25 Å². The Hall–Kier alpha value is -1.96. The number of allylic oxidation sites excluding steroid dienone is 2. The number of hydrogen-bond donors (Lipinski definition) is 0. The fraction of sp³-hybridized carbons (Fsp3) is 0.333. The van der Waals surface area contributed by atoms with E-state index in [9.17, 15) is 0 Å². The van der Waals surface area contributed by atoms with Crippen molar-refractivity contribution in [3.8, 4) is 22.3 Å². The molecule has 0 amide bonds. The summed E-state index contributed by atoms with van der Waals surface area (Å²) >= 11 is -4.83. The molecule has 2 unspecified atom stereocenters. The van der Waals surface area contributed by atoms with Gasteiger partial charge in [0.25, 0.3) is 0 Å². The molecule has 2 aliphatic rings. The third kappa shape index (κ3) is 5.26. The van der Waals surface area contributed by atoms with Crippen molar-refractivity contribution in [2.24, 2.45) is 0 Å². The molecule has 0 nitrogen and oxygen atoms in total. The van der Waals surface area contributed by atoms with Crippen LogP contribution >= 0.6 is 17.0 Å². The number of fused-ring (bicyclic) bond motifs is 2. The minimum absolute atomic E-state index is 0.107. The minimum atomic E-state index is -4.83. The van der Waals surface area contributed by atoms with Gasteiger partial charge in [0.1, 0.15) is 0 Å². The quantitative estimate of drug-likeness (QED) is 0.150. The standard InChI is InChI=1S/2C20H21.C2H7Si.2ClH.Zr/c2*1-4-15-12-17-10-11-18(14(2)3)20(19(17)13-15)16-8-6-5-7-9-16;1-3-2;;;/h2*5-14H,4H2,1-3H3;3H,1-2H3;2*1H;/q;;;;;+2/p-2. The van der Waals surface area contributed by atoms with Crippen molar-refractivity contribution in [2.45, 2.75) is 86.6 Å². The SMILES string of the molecule is CCC1=Cc2c(ccc(C(C)C)c2-c2ccccc2)[CH]1[Zr]([Cl])([Cl])([CH]1C(CC)=Cc2c1ccc(C(C)C)c2-c1ccccc1)[SiH](C)C. The van der Waals surface area contributed by atoms with Gasteiger partial charge in [0, 0.05) is 0 Å².